The van der Waals surface area contributed by atoms with Crippen LogP contribution in [0.3, 0.4) is 0 Å². The number of benzene rings is 2. The van der Waals surface area contributed by atoms with Crippen LogP contribution in [-0.2, 0) is 23.8 Å². The highest BCUT2D eigenvalue weighted by molar-refractivity contribution is 6.03. The number of carbonyl (C=O) groups excluding carboxylic acids is 2. The predicted octanol–water partition coefficient (Wildman–Crippen LogP) is 2.43. The Balaban J connectivity index is 1.54. The second kappa shape index (κ2) is 9.47. The van der Waals surface area contributed by atoms with Gasteiger partial charge in [0.25, 0.3) is 0 Å². The van der Waals surface area contributed by atoms with Crippen LogP contribution in [0.15, 0.2) is 81.3 Å². The van der Waals surface area contributed by atoms with Crippen molar-refractivity contribution in [2.45, 2.75) is 0 Å². The van der Waals surface area contributed by atoms with E-state index in [9.17, 15) is 14.4 Å². The molecular formula is C25H20N4O7. The second-order valence-corrected chi connectivity index (χ2v) is 7.77. The van der Waals surface area contributed by atoms with Gasteiger partial charge in [0.1, 0.15) is 23.7 Å². The number of methoxy groups -OCH3 is 2. The summed E-state index contributed by atoms with van der Waals surface area (Å²) in [5, 5.41) is 8.83. The van der Waals surface area contributed by atoms with Crippen LogP contribution in [0.4, 0.5) is 5.69 Å². The Morgan fingerprint density at radius 3 is 2.53 bits per heavy atom. The van der Waals surface area contributed by atoms with E-state index in [2.05, 4.69) is 10.3 Å². The summed E-state index contributed by atoms with van der Waals surface area (Å²) in [7, 11) is 2.43. The molecule has 4 aromatic rings. The molecule has 182 valence electrons. The van der Waals surface area contributed by atoms with E-state index in [0.29, 0.717) is 16.8 Å². The first kappa shape index (κ1) is 23.0. The molecular weight excluding hydrogens is 468 g/mol. The summed E-state index contributed by atoms with van der Waals surface area (Å²) in [6.45, 7) is -0.136. The third-order valence-electron chi connectivity index (χ3n) is 5.66. The number of esters is 2. The van der Waals surface area contributed by atoms with Gasteiger partial charge in [-0.25, -0.2) is 19.1 Å². The number of fused-ring (bicyclic) bond motifs is 1. The minimum atomic E-state index is -0.726. The fraction of sp³-hybridized carbons (Fsp3) is 0.160. The Labute approximate surface area is 204 Å². The number of aromatic nitrogens is 3. The van der Waals surface area contributed by atoms with Crippen molar-refractivity contribution in [3.63, 3.8) is 0 Å². The molecule has 3 heterocycles. The largest absolute Gasteiger partial charge is 0.466 e. The number of carbonyl (C=O) groups is 2. The third kappa shape index (κ3) is 4.12. The predicted molar refractivity (Wildman–Crippen MR) is 127 cm³/mol. The molecule has 0 unspecified atom stereocenters. The topological polar surface area (TPSA) is 126 Å². The fourth-order valence-corrected chi connectivity index (χ4v) is 3.89. The van der Waals surface area contributed by atoms with E-state index < -0.39 is 17.6 Å². The maximum absolute atomic E-state index is 12.8. The lowest BCUT2D eigenvalue weighted by molar-refractivity contribution is -0.140. The van der Waals surface area contributed by atoms with E-state index in [4.69, 9.17) is 18.6 Å². The molecule has 2 aromatic heterocycles. The van der Waals surface area contributed by atoms with Crippen LogP contribution in [-0.4, -0.2) is 54.5 Å². The van der Waals surface area contributed by atoms with E-state index >= 15 is 0 Å². The van der Waals surface area contributed by atoms with Gasteiger partial charge >= 0.3 is 17.6 Å². The minimum Gasteiger partial charge on any atom is -0.466 e. The molecule has 0 bridgehead atoms. The smallest absolute Gasteiger partial charge is 0.362 e. The monoisotopic (exact) mass is 488 g/mol. The molecule has 0 fully saturated rings. The van der Waals surface area contributed by atoms with Gasteiger partial charge < -0.3 is 23.5 Å². The van der Waals surface area contributed by atoms with Crippen LogP contribution >= 0.6 is 0 Å². The average Bonchev–Trinajstić information content (AvgIpc) is 3.41. The molecule has 2 aromatic carbocycles. The molecule has 0 aliphatic carbocycles. The molecule has 0 atom stereocenters. The van der Waals surface area contributed by atoms with E-state index in [-0.39, 0.29) is 35.9 Å². The molecule has 11 nitrogen and oxygen atoms in total. The van der Waals surface area contributed by atoms with Gasteiger partial charge in [0, 0.05) is 22.7 Å². The highest BCUT2D eigenvalue weighted by Gasteiger charge is 2.32. The number of hydrogen-bond acceptors (Lipinski definition) is 10. The van der Waals surface area contributed by atoms with E-state index in [1.165, 1.54) is 23.8 Å². The first-order valence-electron chi connectivity index (χ1n) is 10.8. The molecule has 0 amide bonds. The third-order valence-corrected chi connectivity index (χ3v) is 5.66. The van der Waals surface area contributed by atoms with Gasteiger partial charge in [-0.2, -0.15) is 0 Å². The molecule has 36 heavy (non-hydrogen) atoms. The molecule has 11 heteroatoms. The van der Waals surface area contributed by atoms with Crippen molar-refractivity contribution in [2.24, 2.45) is 0 Å². The van der Waals surface area contributed by atoms with Crippen molar-refractivity contribution in [3.05, 3.63) is 82.5 Å². The SMILES string of the molecule is COC(=O)C1=C(C(=O)OC)N(c2ccc3cc(-n4cc(-c5ccccc5)nn4)c(=O)oc3c2)COC1. The van der Waals surface area contributed by atoms with Crippen molar-refractivity contribution < 1.29 is 28.2 Å². The van der Waals surface area contributed by atoms with Crippen LogP contribution < -0.4 is 10.5 Å². The van der Waals surface area contributed by atoms with Crippen LogP contribution in [0.1, 0.15) is 0 Å². The summed E-state index contributed by atoms with van der Waals surface area (Å²) in [5.41, 5.74) is 1.76. The summed E-state index contributed by atoms with van der Waals surface area (Å²) in [4.78, 5) is 39.0. The molecule has 1 aliphatic rings. The summed E-state index contributed by atoms with van der Waals surface area (Å²) in [5.74, 6) is -1.43. The zero-order valence-electron chi connectivity index (χ0n) is 19.3. The normalized spacial score (nSPS) is 13.7. The number of nitrogens with zero attached hydrogens (tertiary/aromatic N) is 4. The lowest BCUT2D eigenvalue weighted by atomic mass is 10.1. The van der Waals surface area contributed by atoms with Crippen molar-refractivity contribution in [3.8, 4) is 16.9 Å². The molecule has 0 radical (unpaired) electrons. The lowest BCUT2D eigenvalue weighted by Crippen LogP contribution is -2.38. The zero-order chi connectivity index (χ0) is 25.2. The standard InChI is InChI=1S/C25H20N4O7/c1-33-23(30)18-13-35-14-28(22(18)25(32)34-2)17-9-8-16-10-20(24(31)36-21(16)11-17)29-12-19(26-27-29)15-6-4-3-5-7-15/h3-12H,13-14H2,1-2H3. The lowest BCUT2D eigenvalue weighted by Gasteiger charge is -2.31. The molecule has 0 N–H and O–H groups in total. The van der Waals surface area contributed by atoms with Gasteiger partial charge in [-0.05, 0) is 18.2 Å². The summed E-state index contributed by atoms with van der Waals surface area (Å²) in [6, 6.07) is 16.1. The van der Waals surface area contributed by atoms with Crippen LogP contribution in [0, 0.1) is 0 Å². The Bertz CT molecular complexity index is 1560. The molecule has 5 rings (SSSR count). The summed E-state index contributed by atoms with van der Waals surface area (Å²) < 4.78 is 22.1. The van der Waals surface area contributed by atoms with Crippen LogP contribution in [0.5, 0.6) is 0 Å². The molecule has 1 aliphatic heterocycles. The zero-order valence-corrected chi connectivity index (χ0v) is 19.3. The number of rotatable bonds is 5. The highest BCUT2D eigenvalue weighted by atomic mass is 16.5. The Morgan fingerprint density at radius 2 is 1.78 bits per heavy atom. The van der Waals surface area contributed by atoms with Crippen molar-refractivity contribution in [1.82, 2.24) is 15.0 Å². The Hall–Kier alpha value is -4.77. The van der Waals surface area contributed by atoms with Gasteiger partial charge in [0.05, 0.1) is 32.6 Å². The molecule has 0 saturated carbocycles. The van der Waals surface area contributed by atoms with Gasteiger partial charge in [-0.1, -0.05) is 35.5 Å². The minimum absolute atomic E-state index is 0.00928. The number of hydrogen-bond donors (Lipinski definition) is 0. The Kier molecular flexibility index (Phi) is 6.05. The van der Waals surface area contributed by atoms with E-state index in [0.717, 1.165) is 5.56 Å². The molecule has 0 saturated heterocycles. The van der Waals surface area contributed by atoms with Gasteiger partial charge in [0.15, 0.2) is 5.69 Å². The first-order valence-corrected chi connectivity index (χ1v) is 10.8. The fourth-order valence-electron chi connectivity index (χ4n) is 3.89. The van der Waals surface area contributed by atoms with Crippen molar-refractivity contribution in [1.29, 1.82) is 0 Å². The van der Waals surface area contributed by atoms with Gasteiger partial charge in [0.2, 0.25) is 0 Å². The highest BCUT2D eigenvalue weighted by Crippen LogP contribution is 2.29. The van der Waals surface area contributed by atoms with Crippen LogP contribution in [0.25, 0.3) is 27.9 Å². The number of anilines is 1. The quantitative estimate of drug-likeness (QED) is 0.305. The van der Waals surface area contributed by atoms with Crippen LogP contribution in [0.2, 0.25) is 0 Å². The summed E-state index contributed by atoms with van der Waals surface area (Å²) >= 11 is 0. The molecule has 0 spiro atoms. The average molecular weight is 488 g/mol. The maximum atomic E-state index is 12.8. The van der Waals surface area contributed by atoms with Gasteiger partial charge in [-0.15, -0.1) is 5.10 Å². The van der Waals surface area contributed by atoms with E-state index in [1.54, 1.807) is 30.5 Å². The maximum Gasteiger partial charge on any atom is 0.362 e. The Morgan fingerprint density at radius 1 is 1.00 bits per heavy atom. The first-order chi connectivity index (χ1) is 17.5. The second-order valence-electron chi connectivity index (χ2n) is 7.77. The van der Waals surface area contributed by atoms with Gasteiger partial charge in [-0.3, -0.25) is 0 Å². The van der Waals surface area contributed by atoms with Crippen molar-refractivity contribution >= 4 is 28.6 Å². The summed E-state index contributed by atoms with van der Waals surface area (Å²) in [6.07, 6.45) is 1.65. The van der Waals surface area contributed by atoms with E-state index in [1.807, 2.05) is 30.3 Å². The van der Waals surface area contributed by atoms with Crippen molar-refractivity contribution in [2.75, 3.05) is 32.5 Å². The number of ether oxygens (including phenoxy) is 3.